The quantitative estimate of drug-likeness (QED) is 0.673. The molecule has 0 aliphatic heterocycles. The first-order chi connectivity index (χ1) is 10.1. The van der Waals surface area contributed by atoms with Crippen LogP contribution in [0.25, 0.3) is 0 Å². The number of methoxy groups -OCH3 is 3. The zero-order chi connectivity index (χ0) is 15.4. The lowest BCUT2D eigenvalue weighted by atomic mass is 10.1. The first-order valence-corrected chi connectivity index (χ1v) is 6.14. The van der Waals surface area contributed by atoms with Crippen molar-refractivity contribution in [3.8, 4) is 11.5 Å². The Morgan fingerprint density at radius 1 is 0.905 bits per heavy atom. The van der Waals surface area contributed by atoms with Crippen LogP contribution in [0.4, 0.5) is 0 Å². The smallest absolute Gasteiger partial charge is 0.354 e. The molecule has 0 atom stereocenters. The van der Waals surface area contributed by atoms with Crippen LogP contribution in [0.1, 0.15) is 26.5 Å². The van der Waals surface area contributed by atoms with Crippen LogP contribution < -0.4 is 9.47 Å². The second-order valence-corrected chi connectivity index (χ2v) is 4.21. The highest BCUT2D eigenvalue weighted by molar-refractivity contribution is 6.09. The SMILES string of the molecule is COC(=O)c1ccc(C(=O)c2cc(OC)cc(OC)c2)[nH]1. The van der Waals surface area contributed by atoms with Crippen molar-refractivity contribution in [1.29, 1.82) is 0 Å². The van der Waals surface area contributed by atoms with Crippen molar-refractivity contribution in [2.45, 2.75) is 0 Å². The molecule has 110 valence electrons. The van der Waals surface area contributed by atoms with E-state index in [0.29, 0.717) is 17.1 Å². The molecule has 21 heavy (non-hydrogen) atoms. The van der Waals surface area contributed by atoms with Crippen molar-refractivity contribution in [3.63, 3.8) is 0 Å². The van der Waals surface area contributed by atoms with Gasteiger partial charge in [0.2, 0.25) is 5.78 Å². The van der Waals surface area contributed by atoms with Gasteiger partial charge in [-0.3, -0.25) is 4.79 Å². The Morgan fingerprint density at radius 3 is 2.00 bits per heavy atom. The normalized spacial score (nSPS) is 10.0. The molecule has 0 amide bonds. The maximum atomic E-state index is 12.4. The topological polar surface area (TPSA) is 77.6 Å². The van der Waals surface area contributed by atoms with E-state index in [4.69, 9.17) is 9.47 Å². The van der Waals surface area contributed by atoms with Gasteiger partial charge in [-0.1, -0.05) is 0 Å². The van der Waals surface area contributed by atoms with Crippen LogP contribution in [0.3, 0.4) is 0 Å². The average molecular weight is 289 g/mol. The maximum Gasteiger partial charge on any atom is 0.354 e. The van der Waals surface area contributed by atoms with Crippen LogP contribution in [-0.4, -0.2) is 38.1 Å². The Morgan fingerprint density at radius 2 is 1.48 bits per heavy atom. The number of aromatic amines is 1. The van der Waals surface area contributed by atoms with Gasteiger partial charge in [0, 0.05) is 11.6 Å². The number of H-pyrrole nitrogens is 1. The van der Waals surface area contributed by atoms with E-state index in [-0.39, 0.29) is 17.2 Å². The van der Waals surface area contributed by atoms with Gasteiger partial charge < -0.3 is 19.2 Å². The molecule has 0 aliphatic carbocycles. The number of hydrogen-bond acceptors (Lipinski definition) is 5. The van der Waals surface area contributed by atoms with Gasteiger partial charge in [0.15, 0.2) is 0 Å². The predicted molar refractivity (Wildman–Crippen MR) is 75.1 cm³/mol. The lowest BCUT2D eigenvalue weighted by molar-refractivity contribution is 0.0595. The summed E-state index contributed by atoms with van der Waals surface area (Å²) in [6, 6.07) is 7.90. The molecule has 1 aromatic heterocycles. The summed E-state index contributed by atoms with van der Waals surface area (Å²) < 4.78 is 14.8. The molecule has 0 unspecified atom stereocenters. The fourth-order valence-corrected chi connectivity index (χ4v) is 1.85. The molecular weight excluding hydrogens is 274 g/mol. The molecule has 1 aromatic carbocycles. The number of benzene rings is 1. The molecular formula is C15H15NO5. The highest BCUT2D eigenvalue weighted by Crippen LogP contribution is 2.24. The van der Waals surface area contributed by atoms with Crippen molar-refractivity contribution in [1.82, 2.24) is 4.98 Å². The van der Waals surface area contributed by atoms with Crippen LogP contribution in [0.5, 0.6) is 11.5 Å². The number of aromatic nitrogens is 1. The Bertz CT molecular complexity index is 652. The van der Waals surface area contributed by atoms with Gasteiger partial charge in [0.05, 0.1) is 27.0 Å². The largest absolute Gasteiger partial charge is 0.497 e. The lowest BCUT2D eigenvalue weighted by Gasteiger charge is -2.07. The van der Waals surface area contributed by atoms with Crippen molar-refractivity contribution >= 4 is 11.8 Å². The Labute approximate surface area is 121 Å². The number of ketones is 1. The molecule has 2 rings (SSSR count). The summed E-state index contributed by atoms with van der Waals surface area (Å²) in [6.45, 7) is 0. The van der Waals surface area contributed by atoms with E-state index in [0.717, 1.165) is 0 Å². The van der Waals surface area contributed by atoms with Crippen molar-refractivity contribution < 1.29 is 23.8 Å². The van der Waals surface area contributed by atoms with Crippen LogP contribution in [0, 0.1) is 0 Å². The number of nitrogens with one attached hydrogen (secondary N) is 1. The zero-order valence-electron chi connectivity index (χ0n) is 11.9. The molecule has 0 fully saturated rings. The minimum absolute atomic E-state index is 0.218. The molecule has 1 N–H and O–H groups in total. The van der Waals surface area contributed by atoms with E-state index in [1.807, 2.05) is 0 Å². The van der Waals surface area contributed by atoms with Gasteiger partial charge in [-0.15, -0.1) is 0 Å². The van der Waals surface area contributed by atoms with E-state index < -0.39 is 5.97 Å². The van der Waals surface area contributed by atoms with Gasteiger partial charge in [0.1, 0.15) is 17.2 Å². The number of carbonyl (C=O) groups excluding carboxylic acids is 2. The fraction of sp³-hybridized carbons (Fsp3) is 0.200. The third-order valence-electron chi connectivity index (χ3n) is 2.95. The summed E-state index contributed by atoms with van der Waals surface area (Å²) in [5, 5.41) is 0. The second kappa shape index (κ2) is 6.13. The summed E-state index contributed by atoms with van der Waals surface area (Å²) in [5.41, 5.74) is 0.894. The number of esters is 1. The Balaban J connectivity index is 2.35. The minimum Gasteiger partial charge on any atom is -0.497 e. The van der Waals surface area contributed by atoms with E-state index in [2.05, 4.69) is 9.72 Å². The maximum absolute atomic E-state index is 12.4. The molecule has 0 bridgehead atoms. The number of hydrogen-bond donors (Lipinski definition) is 1. The zero-order valence-corrected chi connectivity index (χ0v) is 11.9. The first-order valence-electron chi connectivity index (χ1n) is 6.14. The molecule has 0 radical (unpaired) electrons. The van der Waals surface area contributed by atoms with Crippen molar-refractivity contribution in [2.24, 2.45) is 0 Å². The number of ether oxygens (including phenoxy) is 3. The third-order valence-corrected chi connectivity index (χ3v) is 2.95. The van der Waals surface area contributed by atoms with Crippen LogP contribution in [0.2, 0.25) is 0 Å². The molecule has 6 heteroatoms. The van der Waals surface area contributed by atoms with E-state index in [1.165, 1.54) is 33.5 Å². The first kappa shape index (κ1) is 14.6. The highest BCUT2D eigenvalue weighted by atomic mass is 16.5. The molecule has 0 saturated heterocycles. The average Bonchev–Trinajstić information content (AvgIpc) is 3.02. The number of carbonyl (C=O) groups is 2. The fourth-order valence-electron chi connectivity index (χ4n) is 1.85. The summed E-state index contributed by atoms with van der Waals surface area (Å²) in [4.78, 5) is 26.5. The van der Waals surface area contributed by atoms with Crippen molar-refractivity contribution in [3.05, 3.63) is 47.3 Å². The second-order valence-electron chi connectivity index (χ2n) is 4.21. The summed E-state index contributed by atoms with van der Waals surface area (Å²) >= 11 is 0. The lowest BCUT2D eigenvalue weighted by Crippen LogP contribution is -2.05. The van der Waals surface area contributed by atoms with Crippen LogP contribution in [-0.2, 0) is 4.74 Å². The van der Waals surface area contributed by atoms with Gasteiger partial charge >= 0.3 is 5.97 Å². The Kier molecular flexibility index (Phi) is 4.27. The van der Waals surface area contributed by atoms with Gasteiger partial charge in [-0.2, -0.15) is 0 Å². The Hall–Kier alpha value is -2.76. The minimum atomic E-state index is -0.530. The van der Waals surface area contributed by atoms with Crippen LogP contribution >= 0.6 is 0 Å². The molecule has 6 nitrogen and oxygen atoms in total. The third kappa shape index (κ3) is 3.05. The predicted octanol–water partition coefficient (Wildman–Crippen LogP) is 2.05. The molecule has 0 saturated carbocycles. The monoisotopic (exact) mass is 289 g/mol. The van der Waals surface area contributed by atoms with E-state index in [9.17, 15) is 9.59 Å². The number of rotatable bonds is 5. The summed E-state index contributed by atoms with van der Waals surface area (Å²) in [7, 11) is 4.29. The standard InChI is InChI=1S/C15H15NO5/c1-19-10-6-9(7-11(8-10)20-2)14(17)12-4-5-13(16-12)15(18)21-3/h4-8,16H,1-3H3. The van der Waals surface area contributed by atoms with Crippen molar-refractivity contribution in [2.75, 3.05) is 21.3 Å². The highest BCUT2D eigenvalue weighted by Gasteiger charge is 2.16. The summed E-state index contributed by atoms with van der Waals surface area (Å²) in [5.74, 6) is 0.217. The van der Waals surface area contributed by atoms with Gasteiger partial charge in [-0.05, 0) is 24.3 Å². The van der Waals surface area contributed by atoms with E-state index >= 15 is 0 Å². The van der Waals surface area contributed by atoms with E-state index in [1.54, 1.807) is 18.2 Å². The molecule has 1 heterocycles. The van der Waals surface area contributed by atoms with Gasteiger partial charge in [0.25, 0.3) is 0 Å². The molecule has 0 aliphatic rings. The molecule has 2 aromatic rings. The molecule has 0 spiro atoms. The van der Waals surface area contributed by atoms with Crippen LogP contribution in [0.15, 0.2) is 30.3 Å². The summed E-state index contributed by atoms with van der Waals surface area (Å²) in [6.07, 6.45) is 0. The van der Waals surface area contributed by atoms with Gasteiger partial charge in [-0.25, -0.2) is 4.79 Å².